The lowest BCUT2D eigenvalue weighted by Gasteiger charge is -2.23. The Kier molecular flexibility index (Phi) is 3.09. The molecule has 0 saturated heterocycles. The Balaban J connectivity index is 2.45. The van der Waals surface area contributed by atoms with Crippen molar-refractivity contribution in [1.82, 2.24) is 9.55 Å². The van der Waals surface area contributed by atoms with Crippen LogP contribution in [0.2, 0.25) is 0 Å². The van der Waals surface area contributed by atoms with Gasteiger partial charge < -0.3 is 14.4 Å². The van der Waals surface area contributed by atoms with E-state index < -0.39 is 5.97 Å². The monoisotopic (exact) mass is 248 g/mol. The Morgan fingerprint density at radius 1 is 1.50 bits per heavy atom. The molecular formula is C13H16N2O3. The van der Waals surface area contributed by atoms with Crippen molar-refractivity contribution in [3.63, 3.8) is 0 Å². The summed E-state index contributed by atoms with van der Waals surface area (Å²) in [6, 6.07) is 4.91. The molecule has 0 bridgehead atoms. The lowest BCUT2D eigenvalue weighted by molar-refractivity contribution is 0.00901. The van der Waals surface area contributed by atoms with Gasteiger partial charge in [-0.05, 0) is 32.0 Å². The van der Waals surface area contributed by atoms with E-state index in [0.717, 1.165) is 11.0 Å². The topological polar surface area (TPSA) is 64.4 Å². The fraction of sp³-hybridized carbons (Fsp3) is 0.385. The first-order chi connectivity index (χ1) is 8.43. The SMILES string of the molecule is COC(C)(C)Cn1cnc2ccc(C(=O)O)cc21. The molecule has 0 unspecified atom stereocenters. The van der Waals surface area contributed by atoms with Crippen LogP contribution in [0.4, 0.5) is 0 Å². The quantitative estimate of drug-likeness (QED) is 0.900. The molecule has 5 nitrogen and oxygen atoms in total. The van der Waals surface area contributed by atoms with Crippen LogP contribution in [0.5, 0.6) is 0 Å². The summed E-state index contributed by atoms with van der Waals surface area (Å²) in [5.41, 5.74) is 1.53. The molecule has 1 aromatic heterocycles. The molecule has 0 aliphatic heterocycles. The second-order valence-electron chi connectivity index (χ2n) is 4.84. The second-order valence-corrected chi connectivity index (χ2v) is 4.84. The fourth-order valence-corrected chi connectivity index (χ4v) is 1.79. The maximum absolute atomic E-state index is 11.0. The zero-order chi connectivity index (χ0) is 13.3. The highest BCUT2D eigenvalue weighted by atomic mass is 16.5. The van der Waals surface area contributed by atoms with E-state index in [9.17, 15) is 4.79 Å². The summed E-state index contributed by atoms with van der Waals surface area (Å²) in [4.78, 5) is 15.2. The van der Waals surface area contributed by atoms with Crippen LogP contribution in [0.3, 0.4) is 0 Å². The van der Waals surface area contributed by atoms with E-state index >= 15 is 0 Å². The van der Waals surface area contributed by atoms with E-state index in [2.05, 4.69) is 4.98 Å². The number of nitrogens with zero attached hydrogens (tertiary/aromatic N) is 2. The number of hydrogen-bond acceptors (Lipinski definition) is 3. The zero-order valence-electron chi connectivity index (χ0n) is 10.7. The molecule has 0 atom stereocenters. The summed E-state index contributed by atoms with van der Waals surface area (Å²) < 4.78 is 7.28. The molecule has 0 fully saturated rings. The predicted molar refractivity (Wildman–Crippen MR) is 67.8 cm³/mol. The van der Waals surface area contributed by atoms with Gasteiger partial charge in [-0.3, -0.25) is 0 Å². The molecule has 0 radical (unpaired) electrons. The maximum Gasteiger partial charge on any atom is 0.335 e. The molecule has 18 heavy (non-hydrogen) atoms. The van der Waals surface area contributed by atoms with Crippen LogP contribution in [0.1, 0.15) is 24.2 Å². The minimum Gasteiger partial charge on any atom is -0.478 e. The molecule has 5 heteroatoms. The number of benzene rings is 1. The minimum atomic E-state index is -0.935. The highest BCUT2D eigenvalue weighted by molar-refractivity contribution is 5.92. The lowest BCUT2D eigenvalue weighted by Crippen LogP contribution is -2.28. The molecular weight excluding hydrogens is 232 g/mol. The third kappa shape index (κ3) is 2.36. The maximum atomic E-state index is 11.0. The highest BCUT2D eigenvalue weighted by Gasteiger charge is 2.18. The van der Waals surface area contributed by atoms with Gasteiger partial charge in [0.2, 0.25) is 0 Å². The normalized spacial score (nSPS) is 11.9. The number of carboxylic acids is 1. The number of carbonyl (C=O) groups is 1. The molecule has 0 aliphatic carbocycles. The summed E-state index contributed by atoms with van der Waals surface area (Å²) in [6.45, 7) is 4.56. The van der Waals surface area contributed by atoms with E-state index in [1.54, 1.807) is 31.6 Å². The molecule has 0 aliphatic rings. The van der Waals surface area contributed by atoms with E-state index in [4.69, 9.17) is 9.84 Å². The van der Waals surface area contributed by atoms with Gasteiger partial charge in [-0.25, -0.2) is 9.78 Å². The van der Waals surface area contributed by atoms with Crippen molar-refractivity contribution < 1.29 is 14.6 Å². The molecule has 0 amide bonds. The zero-order valence-corrected chi connectivity index (χ0v) is 10.7. The van der Waals surface area contributed by atoms with Crippen LogP contribution < -0.4 is 0 Å². The first kappa shape index (κ1) is 12.6. The molecule has 2 rings (SSSR count). The van der Waals surface area contributed by atoms with Gasteiger partial charge in [-0.2, -0.15) is 0 Å². The summed E-state index contributed by atoms with van der Waals surface area (Å²) >= 11 is 0. The molecule has 0 spiro atoms. The number of aromatic carboxylic acids is 1. The van der Waals surface area contributed by atoms with Crippen molar-refractivity contribution in [3.8, 4) is 0 Å². The largest absolute Gasteiger partial charge is 0.478 e. The van der Waals surface area contributed by atoms with Crippen molar-refractivity contribution in [1.29, 1.82) is 0 Å². The van der Waals surface area contributed by atoms with Gasteiger partial charge >= 0.3 is 5.97 Å². The van der Waals surface area contributed by atoms with E-state index in [-0.39, 0.29) is 11.2 Å². The van der Waals surface area contributed by atoms with Crippen molar-refractivity contribution in [2.75, 3.05) is 7.11 Å². The van der Waals surface area contributed by atoms with Crippen molar-refractivity contribution in [2.45, 2.75) is 26.0 Å². The van der Waals surface area contributed by atoms with Crippen LogP contribution in [-0.2, 0) is 11.3 Å². The van der Waals surface area contributed by atoms with Crippen LogP contribution >= 0.6 is 0 Å². The molecule has 1 N–H and O–H groups in total. The number of methoxy groups -OCH3 is 1. The molecule has 1 heterocycles. The van der Waals surface area contributed by atoms with E-state index in [1.807, 2.05) is 18.4 Å². The van der Waals surface area contributed by atoms with Gasteiger partial charge in [0.15, 0.2) is 0 Å². The summed E-state index contributed by atoms with van der Waals surface area (Å²) in [5.74, 6) is -0.935. The number of aromatic nitrogens is 2. The number of hydrogen-bond donors (Lipinski definition) is 1. The minimum absolute atomic E-state index is 0.263. The third-order valence-electron chi connectivity index (χ3n) is 2.97. The Labute approximate surface area is 105 Å². The molecule has 2 aromatic rings. The van der Waals surface area contributed by atoms with Gasteiger partial charge in [0.05, 0.1) is 35.1 Å². The van der Waals surface area contributed by atoms with E-state index in [1.165, 1.54) is 0 Å². The van der Waals surface area contributed by atoms with Gasteiger partial charge in [-0.1, -0.05) is 0 Å². The number of fused-ring (bicyclic) bond motifs is 1. The fourth-order valence-electron chi connectivity index (χ4n) is 1.79. The molecule has 1 aromatic carbocycles. The predicted octanol–water partition coefficient (Wildman–Crippen LogP) is 2.16. The average molecular weight is 248 g/mol. The summed E-state index contributed by atoms with van der Waals surface area (Å²) in [5, 5.41) is 9.00. The Hall–Kier alpha value is -1.88. The number of imidazole rings is 1. The van der Waals surface area contributed by atoms with Crippen LogP contribution in [-0.4, -0.2) is 33.3 Å². The van der Waals surface area contributed by atoms with Gasteiger partial charge in [-0.15, -0.1) is 0 Å². The Morgan fingerprint density at radius 3 is 2.83 bits per heavy atom. The van der Waals surface area contributed by atoms with Gasteiger partial charge in [0.25, 0.3) is 0 Å². The van der Waals surface area contributed by atoms with Gasteiger partial charge in [0, 0.05) is 7.11 Å². The second kappa shape index (κ2) is 4.42. The highest BCUT2D eigenvalue weighted by Crippen LogP contribution is 2.19. The summed E-state index contributed by atoms with van der Waals surface area (Å²) in [7, 11) is 1.65. The lowest BCUT2D eigenvalue weighted by atomic mass is 10.1. The molecule has 0 saturated carbocycles. The first-order valence-electron chi connectivity index (χ1n) is 5.66. The number of rotatable bonds is 4. The number of ether oxygens (including phenoxy) is 1. The third-order valence-corrected chi connectivity index (χ3v) is 2.97. The van der Waals surface area contributed by atoms with Crippen molar-refractivity contribution in [3.05, 3.63) is 30.1 Å². The Bertz CT molecular complexity index is 587. The molecule has 96 valence electrons. The van der Waals surface area contributed by atoms with E-state index in [0.29, 0.717) is 6.54 Å². The average Bonchev–Trinajstić information content (AvgIpc) is 2.71. The standard InChI is InChI=1S/C13H16N2O3/c1-13(2,18-3)7-15-8-14-10-5-4-9(12(16)17)6-11(10)15/h4-6,8H,7H2,1-3H3,(H,16,17). The van der Waals surface area contributed by atoms with Crippen molar-refractivity contribution >= 4 is 17.0 Å². The first-order valence-corrected chi connectivity index (χ1v) is 5.66. The van der Waals surface area contributed by atoms with Gasteiger partial charge in [0.1, 0.15) is 0 Å². The van der Waals surface area contributed by atoms with Crippen LogP contribution in [0, 0.1) is 0 Å². The number of carboxylic acid groups (broad SMARTS) is 1. The van der Waals surface area contributed by atoms with Crippen molar-refractivity contribution in [2.24, 2.45) is 0 Å². The van der Waals surface area contributed by atoms with Crippen LogP contribution in [0.15, 0.2) is 24.5 Å². The smallest absolute Gasteiger partial charge is 0.335 e. The Morgan fingerprint density at radius 2 is 2.22 bits per heavy atom. The summed E-state index contributed by atoms with van der Waals surface area (Å²) in [6.07, 6.45) is 1.71. The van der Waals surface area contributed by atoms with Crippen LogP contribution in [0.25, 0.3) is 11.0 Å².